The van der Waals surface area contributed by atoms with Crippen molar-refractivity contribution in [2.24, 2.45) is 25.9 Å². The van der Waals surface area contributed by atoms with E-state index in [0.717, 1.165) is 10.5 Å². The highest BCUT2D eigenvalue weighted by molar-refractivity contribution is 6.05. The maximum atomic E-state index is 12.8. The summed E-state index contributed by atoms with van der Waals surface area (Å²) in [6.45, 7) is 6.33. The maximum absolute atomic E-state index is 12.8. The van der Waals surface area contributed by atoms with Gasteiger partial charge in [-0.1, -0.05) is 13.8 Å². The van der Waals surface area contributed by atoms with Gasteiger partial charge in [-0.05, 0) is 37.5 Å². The normalized spacial score (nSPS) is 14.6. The lowest BCUT2D eigenvalue weighted by Gasteiger charge is -2.13. The molecule has 2 N–H and O–H groups in total. The summed E-state index contributed by atoms with van der Waals surface area (Å²) in [6, 6.07) is 3.21. The van der Waals surface area contributed by atoms with Gasteiger partial charge in [0, 0.05) is 90.6 Å². The number of carbonyl (C=O) groups is 8. The molecule has 2 aromatic heterocycles. The number of aromatic nitrogens is 2. The molecule has 0 aromatic carbocycles. The fourth-order valence-electron chi connectivity index (χ4n) is 5.83. The summed E-state index contributed by atoms with van der Waals surface area (Å²) in [5.74, 6) is -2.84. The molecule has 1 saturated heterocycles. The summed E-state index contributed by atoms with van der Waals surface area (Å²) in [4.78, 5) is 98.6. The van der Waals surface area contributed by atoms with E-state index in [2.05, 4.69) is 10.6 Å². The Morgan fingerprint density at radius 3 is 2.20 bits per heavy atom. The number of ether oxygens (including phenoxy) is 3. The third kappa shape index (κ3) is 14.1. The van der Waals surface area contributed by atoms with Crippen LogP contribution in [0.1, 0.15) is 92.3 Å². The van der Waals surface area contributed by atoms with E-state index in [1.807, 2.05) is 0 Å². The molecule has 0 bridgehead atoms. The highest BCUT2D eigenvalue weighted by Crippen LogP contribution is 2.19. The van der Waals surface area contributed by atoms with Crippen LogP contribution in [-0.2, 0) is 63.5 Å². The number of ketones is 3. The van der Waals surface area contributed by atoms with Crippen molar-refractivity contribution in [2.75, 3.05) is 51.4 Å². The van der Waals surface area contributed by atoms with Gasteiger partial charge in [0.25, 0.3) is 11.8 Å². The zero-order valence-electron chi connectivity index (χ0n) is 31.9. The molecule has 0 saturated carbocycles. The lowest BCUT2D eigenvalue weighted by Crippen LogP contribution is -2.32. The molecule has 0 spiro atoms. The Morgan fingerprint density at radius 2 is 1.52 bits per heavy atom. The van der Waals surface area contributed by atoms with Crippen LogP contribution in [0, 0.1) is 11.8 Å². The molecule has 4 amide bonds. The molecule has 16 heteroatoms. The van der Waals surface area contributed by atoms with E-state index < -0.39 is 11.9 Å². The summed E-state index contributed by atoms with van der Waals surface area (Å²) >= 11 is 0. The molecule has 0 aliphatic carbocycles. The van der Waals surface area contributed by atoms with Crippen molar-refractivity contribution in [1.82, 2.24) is 19.4 Å². The third-order valence-corrected chi connectivity index (χ3v) is 8.76. The summed E-state index contributed by atoms with van der Waals surface area (Å²) in [7, 11) is 3.39. The molecular weight excluding hydrogens is 702 g/mol. The van der Waals surface area contributed by atoms with Gasteiger partial charge in [-0.2, -0.15) is 0 Å². The van der Waals surface area contributed by atoms with E-state index in [4.69, 9.17) is 14.2 Å². The Morgan fingerprint density at radius 1 is 0.833 bits per heavy atom. The average molecular weight is 756 g/mol. The molecule has 3 heterocycles. The van der Waals surface area contributed by atoms with Gasteiger partial charge in [-0.15, -0.1) is 0 Å². The Labute approximate surface area is 315 Å². The molecule has 1 aliphatic heterocycles. The number of anilines is 1. The third-order valence-electron chi connectivity index (χ3n) is 8.76. The van der Waals surface area contributed by atoms with Crippen molar-refractivity contribution in [1.29, 1.82) is 0 Å². The van der Waals surface area contributed by atoms with Crippen molar-refractivity contribution in [3.8, 4) is 0 Å². The van der Waals surface area contributed by atoms with Gasteiger partial charge in [0.1, 0.15) is 28.7 Å². The Balaban J connectivity index is 1.19. The van der Waals surface area contributed by atoms with Crippen LogP contribution in [0.5, 0.6) is 0 Å². The molecule has 1 fully saturated rings. The number of aryl methyl sites for hydroxylation is 2. The van der Waals surface area contributed by atoms with Crippen molar-refractivity contribution < 1.29 is 52.6 Å². The summed E-state index contributed by atoms with van der Waals surface area (Å²) in [5.41, 5.74) is 1.86. The van der Waals surface area contributed by atoms with Crippen LogP contribution < -0.4 is 10.6 Å². The van der Waals surface area contributed by atoms with Crippen LogP contribution >= 0.6 is 0 Å². The first-order chi connectivity index (χ1) is 25.7. The molecule has 3 rings (SSSR count). The largest absolute Gasteiger partial charge is 0.465 e. The predicted molar refractivity (Wildman–Crippen MR) is 195 cm³/mol. The summed E-state index contributed by atoms with van der Waals surface area (Å²) < 4.78 is 19.4. The molecular formula is C38H53N5O11. The lowest BCUT2D eigenvalue weighted by atomic mass is 10.0. The van der Waals surface area contributed by atoms with Crippen LogP contribution in [0.4, 0.5) is 5.69 Å². The van der Waals surface area contributed by atoms with Gasteiger partial charge in [0.15, 0.2) is 0 Å². The minimum Gasteiger partial charge on any atom is -0.465 e. The number of hydrogen-bond donors (Lipinski definition) is 2. The Hall–Kier alpha value is -4.96. The van der Waals surface area contributed by atoms with Gasteiger partial charge >= 0.3 is 5.97 Å². The number of hydrogen-bond acceptors (Lipinski definition) is 11. The van der Waals surface area contributed by atoms with E-state index in [1.165, 1.54) is 6.92 Å². The minimum absolute atomic E-state index is 0.00649. The SMILES string of the molecule is CC(=O)Cc1cc(C(=O)Nc2cc(C(=O)NCCCOC(=O)[C@H](C)CC(=O)CCOCCOCCCC(=O)CCN3C(=O)CC(C)C3=O)n(C)c2)n(C)c1. The van der Waals surface area contributed by atoms with Crippen LogP contribution in [0.3, 0.4) is 0 Å². The molecule has 2 aromatic rings. The number of nitrogens with one attached hydrogen (secondary N) is 2. The van der Waals surface area contributed by atoms with E-state index in [1.54, 1.807) is 61.6 Å². The molecule has 296 valence electrons. The summed E-state index contributed by atoms with van der Waals surface area (Å²) in [6.07, 6.45) is 5.23. The highest BCUT2D eigenvalue weighted by Gasteiger charge is 2.35. The predicted octanol–water partition coefficient (Wildman–Crippen LogP) is 2.56. The number of rotatable bonds is 25. The number of nitrogens with zero attached hydrogens (tertiary/aromatic N) is 3. The first-order valence-electron chi connectivity index (χ1n) is 18.3. The highest BCUT2D eigenvalue weighted by atomic mass is 16.5. The molecule has 1 aliphatic rings. The maximum Gasteiger partial charge on any atom is 0.309 e. The molecule has 1 unspecified atom stereocenters. The Bertz CT molecular complexity index is 1680. The van der Waals surface area contributed by atoms with Crippen LogP contribution in [-0.4, -0.2) is 107 Å². The Kier molecular flexibility index (Phi) is 17.4. The second kappa shape index (κ2) is 21.7. The van der Waals surface area contributed by atoms with Crippen molar-refractivity contribution in [3.63, 3.8) is 0 Å². The van der Waals surface area contributed by atoms with E-state index >= 15 is 0 Å². The molecule has 0 radical (unpaired) electrons. The van der Waals surface area contributed by atoms with Gasteiger partial charge in [0.2, 0.25) is 11.8 Å². The molecule has 16 nitrogen and oxygen atoms in total. The monoisotopic (exact) mass is 755 g/mol. The lowest BCUT2D eigenvalue weighted by molar-refractivity contribution is -0.149. The first kappa shape index (κ1) is 43.4. The van der Waals surface area contributed by atoms with Crippen LogP contribution in [0.15, 0.2) is 24.5 Å². The average Bonchev–Trinajstić information content (AvgIpc) is 3.74. The fraction of sp³-hybridized carbons (Fsp3) is 0.579. The second-order valence-electron chi connectivity index (χ2n) is 13.7. The second-order valence-corrected chi connectivity index (χ2v) is 13.7. The quantitative estimate of drug-likeness (QED) is 0.0857. The smallest absolute Gasteiger partial charge is 0.309 e. The number of imide groups is 1. The number of amides is 4. The van der Waals surface area contributed by atoms with E-state index in [9.17, 15) is 38.4 Å². The minimum atomic E-state index is -0.633. The van der Waals surface area contributed by atoms with Crippen molar-refractivity contribution >= 4 is 52.6 Å². The fourth-order valence-corrected chi connectivity index (χ4v) is 5.83. The van der Waals surface area contributed by atoms with Gasteiger partial charge < -0.3 is 34.0 Å². The molecule has 54 heavy (non-hydrogen) atoms. The van der Waals surface area contributed by atoms with Crippen molar-refractivity contribution in [2.45, 2.75) is 72.1 Å². The van der Waals surface area contributed by atoms with Gasteiger partial charge in [-0.25, -0.2) is 0 Å². The number of carbonyl (C=O) groups excluding carboxylic acids is 8. The number of esters is 1. The van der Waals surface area contributed by atoms with Gasteiger partial charge in [0.05, 0.1) is 38.0 Å². The van der Waals surface area contributed by atoms with Gasteiger partial charge in [-0.3, -0.25) is 43.3 Å². The first-order valence-corrected chi connectivity index (χ1v) is 18.3. The van der Waals surface area contributed by atoms with Crippen molar-refractivity contribution in [3.05, 3.63) is 41.5 Å². The van der Waals surface area contributed by atoms with E-state index in [0.29, 0.717) is 49.6 Å². The standard InChI is InChI=1S/C38H53N5O11/c1-25-19-34(47)43(37(25)50)12-9-30(45)8-6-13-52-16-17-53-15-10-31(46)18-26(2)38(51)54-14-7-11-39-35(48)33-22-29(24-42(33)5)40-36(49)32-21-28(20-27(3)44)23-41(32)4/h21-26H,6-20H2,1-5H3,(H,39,48)(H,40,49)/t25?,26-/m1/s1. The van der Waals surface area contributed by atoms with E-state index in [-0.39, 0.29) is 112 Å². The molecule has 2 atom stereocenters. The number of likely N-dealkylation sites (tertiary alicyclic amines) is 1. The zero-order valence-corrected chi connectivity index (χ0v) is 31.9. The van der Waals surface area contributed by atoms with Crippen LogP contribution in [0.25, 0.3) is 0 Å². The zero-order chi connectivity index (χ0) is 39.8. The number of Topliss-reactive ketones (excluding diaryl/α,β-unsaturated/α-hetero) is 3. The van der Waals surface area contributed by atoms with Crippen LogP contribution in [0.2, 0.25) is 0 Å². The topological polar surface area (TPSA) is 201 Å². The summed E-state index contributed by atoms with van der Waals surface area (Å²) in [5, 5.41) is 5.53.